The summed E-state index contributed by atoms with van der Waals surface area (Å²) in [5.41, 5.74) is 2.49. The number of nitrogens with one attached hydrogen (secondary N) is 1. The summed E-state index contributed by atoms with van der Waals surface area (Å²) in [4.78, 5) is 13.1. The number of carbonyl (C=O) groups excluding carboxylic acids is 1. The van der Waals surface area contributed by atoms with E-state index in [-0.39, 0.29) is 11.9 Å². The third-order valence-corrected chi connectivity index (χ3v) is 4.84. The van der Waals surface area contributed by atoms with Gasteiger partial charge in [-0.1, -0.05) is 26.0 Å². The summed E-state index contributed by atoms with van der Waals surface area (Å²) < 4.78 is 3.96. The highest BCUT2D eigenvalue weighted by atomic mass is 16.1. The van der Waals surface area contributed by atoms with Crippen molar-refractivity contribution in [2.24, 2.45) is 13.0 Å². The number of aryl methyl sites for hydroxylation is 1. The van der Waals surface area contributed by atoms with Crippen molar-refractivity contribution < 1.29 is 4.79 Å². The Balaban J connectivity index is 1.70. The van der Waals surface area contributed by atoms with Crippen LogP contribution in [-0.2, 0) is 7.05 Å². The second-order valence-corrected chi connectivity index (χ2v) is 7.31. The van der Waals surface area contributed by atoms with Crippen molar-refractivity contribution in [3.63, 3.8) is 0 Å². The minimum absolute atomic E-state index is 0.0925. The fraction of sp³-hybridized carbons (Fsp3) is 0.286. The van der Waals surface area contributed by atoms with E-state index in [4.69, 9.17) is 0 Å². The fourth-order valence-electron chi connectivity index (χ4n) is 3.53. The first-order valence-electron chi connectivity index (χ1n) is 9.19. The molecule has 4 aromatic rings. The van der Waals surface area contributed by atoms with Gasteiger partial charge in [0, 0.05) is 35.9 Å². The highest BCUT2D eigenvalue weighted by Gasteiger charge is 2.23. The second-order valence-electron chi connectivity index (χ2n) is 7.31. The molecular weight excluding hydrogens is 338 g/mol. The zero-order chi connectivity index (χ0) is 19.0. The van der Waals surface area contributed by atoms with Gasteiger partial charge in [-0.3, -0.25) is 9.20 Å². The monoisotopic (exact) mass is 361 g/mol. The predicted octanol–water partition coefficient (Wildman–Crippen LogP) is 3.74. The molecule has 0 bridgehead atoms. The van der Waals surface area contributed by atoms with Gasteiger partial charge in [-0.2, -0.15) is 0 Å². The first-order chi connectivity index (χ1) is 13.0. The Morgan fingerprint density at radius 2 is 1.93 bits per heavy atom. The third kappa shape index (κ3) is 3.18. The largest absolute Gasteiger partial charge is 0.351 e. The van der Waals surface area contributed by atoms with E-state index >= 15 is 0 Å². The Morgan fingerprint density at radius 3 is 2.74 bits per heavy atom. The van der Waals surface area contributed by atoms with Crippen LogP contribution >= 0.6 is 0 Å². The van der Waals surface area contributed by atoms with E-state index < -0.39 is 0 Å². The van der Waals surface area contributed by atoms with Crippen LogP contribution in [-0.4, -0.2) is 25.1 Å². The number of aromatic nitrogens is 4. The molecule has 0 saturated heterocycles. The predicted molar refractivity (Wildman–Crippen MR) is 106 cm³/mol. The van der Waals surface area contributed by atoms with Gasteiger partial charge in [0.15, 0.2) is 11.5 Å². The normalized spacial score (nSPS) is 12.7. The summed E-state index contributed by atoms with van der Waals surface area (Å²) in [6, 6.07) is 13.4. The topological polar surface area (TPSA) is 64.2 Å². The van der Waals surface area contributed by atoms with E-state index in [0.29, 0.717) is 11.5 Å². The molecule has 3 heterocycles. The summed E-state index contributed by atoms with van der Waals surface area (Å²) in [5.74, 6) is 1.07. The van der Waals surface area contributed by atoms with Gasteiger partial charge in [0.1, 0.15) is 0 Å². The minimum Gasteiger partial charge on any atom is -0.351 e. The smallest absolute Gasteiger partial charge is 0.252 e. The van der Waals surface area contributed by atoms with Crippen molar-refractivity contribution in [3.05, 3.63) is 66.2 Å². The van der Waals surface area contributed by atoms with Gasteiger partial charge in [0.2, 0.25) is 0 Å². The summed E-state index contributed by atoms with van der Waals surface area (Å²) in [6.45, 7) is 4.28. The number of hydrogen-bond donors (Lipinski definition) is 1. The Kier molecular flexibility index (Phi) is 4.39. The molecule has 1 aromatic carbocycles. The first kappa shape index (κ1) is 17.3. The number of carbonyl (C=O) groups is 1. The van der Waals surface area contributed by atoms with Crippen LogP contribution in [0.2, 0.25) is 0 Å². The molecular formula is C21H23N5O. The number of fused-ring (bicyclic) bond motifs is 2. The molecule has 27 heavy (non-hydrogen) atoms. The lowest BCUT2D eigenvalue weighted by molar-refractivity contribution is 0.0931. The van der Waals surface area contributed by atoms with Gasteiger partial charge in [0.05, 0.1) is 6.04 Å². The number of hydrogen-bond acceptors (Lipinski definition) is 3. The van der Waals surface area contributed by atoms with Gasteiger partial charge >= 0.3 is 0 Å². The minimum atomic E-state index is -0.214. The average molecular weight is 361 g/mol. The molecule has 3 aromatic heterocycles. The summed E-state index contributed by atoms with van der Waals surface area (Å²) in [5, 5.41) is 12.7. The van der Waals surface area contributed by atoms with E-state index in [1.54, 1.807) is 0 Å². The zero-order valence-electron chi connectivity index (χ0n) is 15.8. The van der Waals surface area contributed by atoms with E-state index in [1.165, 1.54) is 0 Å². The van der Waals surface area contributed by atoms with Crippen LogP contribution in [0, 0.1) is 5.92 Å². The number of nitrogens with zero attached hydrogens (tertiary/aromatic N) is 4. The highest BCUT2D eigenvalue weighted by Crippen LogP contribution is 2.24. The molecule has 1 N–H and O–H groups in total. The Morgan fingerprint density at radius 1 is 1.07 bits per heavy atom. The maximum absolute atomic E-state index is 13.1. The summed E-state index contributed by atoms with van der Waals surface area (Å²) >= 11 is 0. The molecule has 138 valence electrons. The lowest BCUT2D eigenvalue weighted by Gasteiger charge is -2.19. The van der Waals surface area contributed by atoms with Gasteiger partial charge in [0.25, 0.3) is 5.91 Å². The van der Waals surface area contributed by atoms with Crippen LogP contribution in [0.25, 0.3) is 16.6 Å². The van der Waals surface area contributed by atoms with Crippen molar-refractivity contribution in [1.29, 1.82) is 0 Å². The number of benzene rings is 1. The lowest BCUT2D eigenvalue weighted by atomic mass is 10.0. The van der Waals surface area contributed by atoms with Crippen LogP contribution < -0.4 is 5.32 Å². The van der Waals surface area contributed by atoms with Crippen LogP contribution in [0.5, 0.6) is 0 Å². The van der Waals surface area contributed by atoms with Crippen LogP contribution in [0.4, 0.5) is 0 Å². The van der Waals surface area contributed by atoms with Gasteiger partial charge < -0.3 is 9.88 Å². The van der Waals surface area contributed by atoms with Crippen molar-refractivity contribution in [3.8, 4) is 0 Å². The van der Waals surface area contributed by atoms with Crippen molar-refractivity contribution in [2.75, 3.05) is 0 Å². The standard InChI is InChI=1S/C21H23N5O/c1-14(2)13-17(20-24-23-19-9-4-5-11-26(19)20)22-21(27)16-7-6-8-18-15(16)10-12-25(18)3/h4-12,14,17H,13H2,1-3H3,(H,22,27). The number of pyridine rings is 1. The fourth-order valence-corrected chi connectivity index (χ4v) is 3.53. The zero-order valence-corrected chi connectivity index (χ0v) is 15.8. The van der Waals surface area contributed by atoms with Crippen LogP contribution in [0.1, 0.15) is 42.5 Å². The molecule has 0 saturated carbocycles. The quantitative estimate of drug-likeness (QED) is 0.589. The average Bonchev–Trinajstić information content (AvgIpc) is 3.25. The Bertz CT molecular complexity index is 1110. The molecule has 1 unspecified atom stereocenters. The SMILES string of the molecule is CC(C)CC(NC(=O)c1cccc2c1ccn2C)c1nnc2ccccn12. The lowest BCUT2D eigenvalue weighted by Crippen LogP contribution is -2.31. The molecule has 0 aliphatic carbocycles. The maximum Gasteiger partial charge on any atom is 0.252 e. The highest BCUT2D eigenvalue weighted by molar-refractivity contribution is 6.06. The van der Waals surface area contributed by atoms with E-state index in [2.05, 4.69) is 29.4 Å². The molecule has 6 nitrogen and oxygen atoms in total. The third-order valence-electron chi connectivity index (χ3n) is 4.84. The van der Waals surface area contributed by atoms with Gasteiger partial charge in [-0.05, 0) is 42.7 Å². The molecule has 1 amide bonds. The van der Waals surface area contributed by atoms with Gasteiger partial charge in [-0.25, -0.2) is 0 Å². The maximum atomic E-state index is 13.1. The number of rotatable bonds is 5. The molecule has 0 spiro atoms. The van der Waals surface area contributed by atoms with Crippen molar-refractivity contribution >= 4 is 22.5 Å². The molecule has 4 rings (SSSR count). The molecule has 0 fully saturated rings. The second kappa shape index (κ2) is 6.87. The first-order valence-corrected chi connectivity index (χ1v) is 9.19. The Hall–Kier alpha value is -3.15. The van der Waals surface area contributed by atoms with E-state index in [0.717, 1.165) is 28.8 Å². The molecule has 0 radical (unpaired) electrons. The van der Waals surface area contributed by atoms with Crippen molar-refractivity contribution in [1.82, 2.24) is 24.5 Å². The molecule has 6 heteroatoms. The van der Waals surface area contributed by atoms with Gasteiger partial charge in [-0.15, -0.1) is 10.2 Å². The van der Waals surface area contributed by atoms with E-state index in [1.807, 2.05) is 70.9 Å². The van der Waals surface area contributed by atoms with Crippen LogP contribution in [0.3, 0.4) is 0 Å². The number of amides is 1. The molecule has 0 aliphatic rings. The van der Waals surface area contributed by atoms with Crippen LogP contribution in [0.15, 0.2) is 54.9 Å². The van der Waals surface area contributed by atoms with Crippen molar-refractivity contribution in [2.45, 2.75) is 26.3 Å². The summed E-state index contributed by atoms with van der Waals surface area (Å²) in [7, 11) is 1.98. The van der Waals surface area contributed by atoms with E-state index in [9.17, 15) is 4.79 Å². The summed E-state index contributed by atoms with van der Waals surface area (Å²) in [6.07, 6.45) is 4.69. The molecule has 0 aliphatic heterocycles. The Labute approximate surface area is 157 Å². The molecule has 1 atom stereocenters.